The fraction of sp³-hybridized carbons (Fsp3) is 0.571. The van der Waals surface area contributed by atoms with Crippen molar-refractivity contribution in [1.29, 1.82) is 0 Å². The minimum Gasteiger partial charge on any atom is -0.316 e. The molecule has 1 N–H and O–H groups in total. The Balaban J connectivity index is 2.32. The normalized spacial score (nSPS) is 25.2. The average molecular weight is 300 g/mol. The van der Waals surface area contributed by atoms with Crippen LogP contribution in [0.1, 0.15) is 31.7 Å². The van der Waals surface area contributed by atoms with E-state index in [9.17, 15) is 4.39 Å². The molecule has 0 aliphatic carbocycles. The van der Waals surface area contributed by atoms with Crippen molar-refractivity contribution in [2.75, 3.05) is 13.1 Å². The number of nitrogens with one attached hydrogen (secondary N) is 1. The SMILES string of the molecule is CC(C)C1CNCCC1c1cc(Br)ccc1F. The van der Waals surface area contributed by atoms with E-state index in [1.165, 1.54) is 0 Å². The summed E-state index contributed by atoms with van der Waals surface area (Å²) >= 11 is 3.44. The fourth-order valence-electron chi connectivity index (χ4n) is 2.77. The van der Waals surface area contributed by atoms with Crippen LogP contribution in [0.4, 0.5) is 4.39 Å². The largest absolute Gasteiger partial charge is 0.316 e. The van der Waals surface area contributed by atoms with Crippen LogP contribution in [0, 0.1) is 17.7 Å². The molecule has 2 atom stereocenters. The Hall–Kier alpha value is -0.410. The number of hydrogen-bond donors (Lipinski definition) is 1. The van der Waals surface area contributed by atoms with Crippen LogP contribution >= 0.6 is 15.9 Å². The van der Waals surface area contributed by atoms with Crippen molar-refractivity contribution in [2.24, 2.45) is 11.8 Å². The maximum Gasteiger partial charge on any atom is 0.126 e. The van der Waals surface area contributed by atoms with E-state index >= 15 is 0 Å². The number of halogens is 2. The molecule has 1 fully saturated rings. The average Bonchev–Trinajstić information content (AvgIpc) is 2.32. The van der Waals surface area contributed by atoms with Crippen molar-refractivity contribution >= 4 is 15.9 Å². The molecule has 0 spiro atoms. The van der Waals surface area contributed by atoms with E-state index in [0.717, 1.165) is 29.5 Å². The van der Waals surface area contributed by atoms with Crippen molar-refractivity contribution in [3.05, 3.63) is 34.1 Å². The lowest BCUT2D eigenvalue weighted by Gasteiger charge is -2.35. The van der Waals surface area contributed by atoms with Crippen molar-refractivity contribution in [3.8, 4) is 0 Å². The van der Waals surface area contributed by atoms with Crippen LogP contribution in [0.25, 0.3) is 0 Å². The quantitative estimate of drug-likeness (QED) is 0.872. The zero-order valence-electron chi connectivity index (χ0n) is 10.3. The van der Waals surface area contributed by atoms with E-state index in [-0.39, 0.29) is 5.82 Å². The third-order valence-corrected chi connectivity index (χ3v) is 4.24. The summed E-state index contributed by atoms with van der Waals surface area (Å²) in [6.07, 6.45) is 1.02. The van der Waals surface area contributed by atoms with Crippen LogP contribution in [0.3, 0.4) is 0 Å². The van der Waals surface area contributed by atoms with Crippen molar-refractivity contribution in [3.63, 3.8) is 0 Å². The third kappa shape index (κ3) is 2.89. The molecule has 1 nitrogen and oxygen atoms in total. The lowest BCUT2D eigenvalue weighted by Crippen LogP contribution is -2.38. The molecule has 1 aliphatic heterocycles. The Labute approximate surface area is 111 Å². The summed E-state index contributed by atoms with van der Waals surface area (Å²) in [5.41, 5.74) is 0.875. The molecule has 1 heterocycles. The molecule has 1 aromatic carbocycles. The Morgan fingerprint density at radius 2 is 2.18 bits per heavy atom. The smallest absolute Gasteiger partial charge is 0.126 e. The first-order valence-electron chi connectivity index (χ1n) is 6.25. The topological polar surface area (TPSA) is 12.0 Å². The number of benzene rings is 1. The van der Waals surface area contributed by atoms with Gasteiger partial charge in [0.2, 0.25) is 0 Å². The summed E-state index contributed by atoms with van der Waals surface area (Å²) in [7, 11) is 0. The van der Waals surface area contributed by atoms with E-state index in [2.05, 4.69) is 35.1 Å². The summed E-state index contributed by atoms with van der Waals surface area (Å²) in [6.45, 7) is 6.43. The minimum atomic E-state index is -0.0641. The van der Waals surface area contributed by atoms with Crippen LogP contribution in [-0.4, -0.2) is 13.1 Å². The van der Waals surface area contributed by atoms with Gasteiger partial charge in [0.1, 0.15) is 5.82 Å². The van der Waals surface area contributed by atoms with Crippen LogP contribution < -0.4 is 5.32 Å². The summed E-state index contributed by atoms with van der Waals surface area (Å²) in [5, 5.41) is 3.42. The molecular weight excluding hydrogens is 281 g/mol. The Morgan fingerprint density at radius 3 is 2.88 bits per heavy atom. The predicted octanol–water partition coefficient (Wildman–Crippen LogP) is 3.94. The van der Waals surface area contributed by atoms with E-state index < -0.39 is 0 Å². The molecule has 17 heavy (non-hydrogen) atoms. The third-order valence-electron chi connectivity index (χ3n) is 3.74. The Morgan fingerprint density at radius 1 is 1.41 bits per heavy atom. The van der Waals surface area contributed by atoms with Gasteiger partial charge in [-0.3, -0.25) is 0 Å². The van der Waals surface area contributed by atoms with E-state index in [0.29, 0.717) is 17.8 Å². The lowest BCUT2D eigenvalue weighted by molar-refractivity contribution is 0.251. The van der Waals surface area contributed by atoms with Gasteiger partial charge in [-0.1, -0.05) is 29.8 Å². The summed E-state index contributed by atoms with van der Waals surface area (Å²) in [5.74, 6) is 1.37. The maximum atomic E-state index is 13.9. The van der Waals surface area contributed by atoms with Gasteiger partial charge >= 0.3 is 0 Å². The molecule has 1 aliphatic rings. The molecule has 2 unspecified atom stereocenters. The highest BCUT2D eigenvalue weighted by Gasteiger charge is 2.30. The Kier molecular flexibility index (Phi) is 4.21. The van der Waals surface area contributed by atoms with Crippen molar-refractivity contribution in [1.82, 2.24) is 5.32 Å². The Bertz CT molecular complexity index is 392. The van der Waals surface area contributed by atoms with Crippen LogP contribution in [0.2, 0.25) is 0 Å². The van der Waals surface area contributed by atoms with E-state index in [1.807, 2.05) is 6.07 Å². The minimum absolute atomic E-state index is 0.0641. The van der Waals surface area contributed by atoms with Gasteiger partial charge in [-0.25, -0.2) is 4.39 Å². The summed E-state index contributed by atoms with van der Waals surface area (Å²) < 4.78 is 14.9. The molecule has 94 valence electrons. The van der Waals surface area contributed by atoms with Crippen LogP contribution in [0.15, 0.2) is 22.7 Å². The zero-order valence-corrected chi connectivity index (χ0v) is 11.9. The number of piperidine rings is 1. The molecule has 0 saturated carbocycles. The number of hydrogen-bond acceptors (Lipinski definition) is 1. The van der Waals surface area contributed by atoms with Crippen molar-refractivity contribution < 1.29 is 4.39 Å². The molecule has 1 saturated heterocycles. The van der Waals surface area contributed by atoms with Gasteiger partial charge in [-0.2, -0.15) is 0 Å². The van der Waals surface area contributed by atoms with Gasteiger partial charge in [0.05, 0.1) is 0 Å². The van der Waals surface area contributed by atoms with Crippen LogP contribution in [0.5, 0.6) is 0 Å². The van der Waals surface area contributed by atoms with Gasteiger partial charge in [0.15, 0.2) is 0 Å². The van der Waals surface area contributed by atoms with Gasteiger partial charge in [-0.15, -0.1) is 0 Å². The van der Waals surface area contributed by atoms with Gasteiger partial charge in [-0.05, 0) is 61.0 Å². The zero-order chi connectivity index (χ0) is 12.4. The highest BCUT2D eigenvalue weighted by molar-refractivity contribution is 9.10. The van der Waals surface area contributed by atoms with Gasteiger partial charge < -0.3 is 5.32 Å². The second-order valence-electron chi connectivity index (χ2n) is 5.17. The summed E-state index contributed by atoms with van der Waals surface area (Å²) in [4.78, 5) is 0. The monoisotopic (exact) mass is 299 g/mol. The first-order valence-corrected chi connectivity index (χ1v) is 7.04. The van der Waals surface area contributed by atoms with Gasteiger partial charge in [0, 0.05) is 4.47 Å². The molecule has 0 radical (unpaired) electrons. The van der Waals surface area contributed by atoms with Crippen LogP contribution in [-0.2, 0) is 0 Å². The fourth-order valence-corrected chi connectivity index (χ4v) is 3.15. The highest BCUT2D eigenvalue weighted by atomic mass is 79.9. The molecule has 3 heteroatoms. The maximum absolute atomic E-state index is 13.9. The van der Waals surface area contributed by atoms with E-state index in [4.69, 9.17) is 0 Å². The number of rotatable bonds is 2. The predicted molar refractivity (Wildman–Crippen MR) is 72.7 cm³/mol. The molecule has 0 bridgehead atoms. The van der Waals surface area contributed by atoms with Gasteiger partial charge in [0.25, 0.3) is 0 Å². The molecule has 0 aromatic heterocycles. The second kappa shape index (κ2) is 5.49. The van der Waals surface area contributed by atoms with E-state index in [1.54, 1.807) is 12.1 Å². The first kappa shape index (κ1) is 13.0. The first-order chi connectivity index (χ1) is 8.09. The lowest BCUT2D eigenvalue weighted by atomic mass is 9.75. The molecule has 1 aromatic rings. The summed E-state index contributed by atoms with van der Waals surface area (Å²) in [6, 6.07) is 5.28. The molecule has 2 rings (SSSR count). The van der Waals surface area contributed by atoms with Crippen molar-refractivity contribution in [2.45, 2.75) is 26.2 Å². The molecular formula is C14H19BrFN. The second-order valence-corrected chi connectivity index (χ2v) is 6.09. The standard InChI is InChI=1S/C14H19BrFN/c1-9(2)13-8-17-6-5-11(13)12-7-10(15)3-4-14(12)16/h3-4,7,9,11,13,17H,5-6,8H2,1-2H3. The highest BCUT2D eigenvalue weighted by Crippen LogP contribution is 2.37. The molecule has 0 amide bonds.